The Morgan fingerprint density at radius 2 is 2.20 bits per heavy atom. The molecule has 0 amide bonds. The van der Waals surface area contributed by atoms with Crippen LogP contribution in [0.15, 0.2) is 0 Å². The first-order valence-corrected chi connectivity index (χ1v) is 4.50. The van der Waals surface area contributed by atoms with E-state index in [2.05, 4.69) is 0 Å². The van der Waals surface area contributed by atoms with Crippen LogP contribution in [0.2, 0.25) is 0 Å². The maximum absolute atomic E-state index is 10.0. The molecule has 56 valence electrons. The molecule has 0 aromatic rings. The van der Waals surface area contributed by atoms with Crippen LogP contribution in [-0.2, 0) is 0 Å². The van der Waals surface area contributed by atoms with Gasteiger partial charge in [0.25, 0.3) is 0 Å². The fourth-order valence-corrected chi connectivity index (χ4v) is 3.76. The van der Waals surface area contributed by atoms with E-state index < -0.39 is 0 Å². The average molecular weight is 138 g/mol. The van der Waals surface area contributed by atoms with Crippen LogP contribution in [0.5, 0.6) is 0 Å². The number of fused-ring (bicyclic) bond motifs is 1. The molecule has 0 radical (unpaired) electrons. The summed E-state index contributed by atoms with van der Waals surface area (Å²) >= 11 is 0. The van der Waals surface area contributed by atoms with Gasteiger partial charge in [-0.25, -0.2) is 0 Å². The summed E-state index contributed by atoms with van der Waals surface area (Å²) < 4.78 is 0. The fourth-order valence-electron chi connectivity index (χ4n) is 3.76. The average Bonchev–Trinajstić information content (AvgIpc) is 2.39. The van der Waals surface area contributed by atoms with Gasteiger partial charge in [-0.1, -0.05) is 0 Å². The van der Waals surface area contributed by atoms with Crippen LogP contribution in [-0.4, -0.2) is 10.7 Å². The van der Waals surface area contributed by atoms with E-state index in [0.717, 1.165) is 30.6 Å². The van der Waals surface area contributed by atoms with Crippen molar-refractivity contribution in [3.63, 3.8) is 0 Å². The molecule has 3 aliphatic carbocycles. The number of aliphatic hydroxyl groups is 1. The minimum atomic E-state index is -0.173. The number of hydrogen-bond donors (Lipinski definition) is 1. The van der Waals surface area contributed by atoms with Gasteiger partial charge in [0.05, 0.1) is 5.60 Å². The Morgan fingerprint density at radius 1 is 1.30 bits per heavy atom. The summed E-state index contributed by atoms with van der Waals surface area (Å²) in [6, 6.07) is 0. The molecule has 1 heteroatoms. The van der Waals surface area contributed by atoms with E-state index in [-0.39, 0.29) is 5.60 Å². The Kier molecular flexibility index (Phi) is 0.797. The second kappa shape index (κ2) is 1.42. The maximum atomic E-state index is 10.0. The Morgan fingerprint density at radius 3 is 2.80 bits per heavy atom. The first kappa shape index (κ1) is 5.59. The largest absolute Gasteiger partial charge is 0.390 e. The predicted octanol–water partition coefficient (Wildman–Crippen LogP) is 1.56. The molecule has 0 unspecified atom stereocenters. The summed E-state index contributed by atoms with van der Waals surface area (Å²) in [5.41, 5.74) is -0.173. The molecule has 3 rings (SSSR count). The highest BCUT2D eigenvalue weighted by molar-refractivity contribution is 5.09. The van der Waals surface area contributed by atoms with Crippen LogP contribution in [0, 0.1) is 17.8 Å². The standard InChI is InChI=1S/C9H14O/c10-9-2-1-7-3-6(5-9)4-8(7)9/h6-8,10H,1-5H2/t6-,7-,8+,9+/m0/s1. The zero-order chi connectivity index (χ0) is 6.77. The highest BCUT2D eigenvalue weighted by Crippen LogP contribution is 2.61. The molecule has 0 aliphatic heterocycles. The lowest BCUT2D eigenvalue weighted by Gasteiger charge is -2.27. The molecule has 0 aromatic carbocycles. The van der Waals surface area contributed by atoms with Crippen LogP contribution in [0.3, 0.4) is 0 Å². The molecule has 10 heavy (non-hydrogen) atoms. The van der Waals surface area contributed by atoms with Gasteiger partial charge < -0.3 is 5.11 Å². The topological polar surface area (TPSA) is 20.2 Å². The van der Waals surface area contributed by atoms with E-state index in [4.69, 9.17) is 0 Å². The van der Waals surface area contributed by atoms with Gasteiger partial charge in [0.15, 0.2) is 0 Å². The molecule has 3 saturated carbocycles. The van der Waals surface area contributed by atoms with Crippen molar-refractivity contribution < 1.29 is 5.11 Å². The lowest BCUT2D eigenvalue weighted by atomic mass is 9.85. The van der Waals surface area contributed by atoms with Gasteiger partial charge in [0.2, 0.25) is 0 Å². The molecule has 0 spiro atoms. The normalized spacial score (nSPS) is 63.9. The molecule has 0 aromatic heterocycles. The molecule has 2 bridgehead atoms. The quantitative estimate of drug-likeness (QED) is 0.538. The first-order valence-electron chi connectivity index (χ1n) is 4.50. The fraction of sp³-hybridized carbons (Fsp3) is 1.00. The second-order valence-electron chi connectivity index (χ2n) is 4.55. The molecular formula is C9H14O. The van der Waals surface area contributed by atoms with Crippen molar-refractivity contribution in [2.24, 2.45) is 17.8 Å². The number of hydrogen-bond acceptors (Lipinski definition) is 1. The summed E-state index contributed by atoms with van der Waals surface area (Å²) in [7, 11) is 0. The molecule has 0 heterocycles. The van der Waals surface area contributed by atoms with Crippen LogP contribution in [0.4, 0.5) is 0 Å². The van der Waals surface area contributed by atoms with Crippen molar-refractivity contribution in [3.8, 4) is 0 Å². The van der Waals surface area contributed by atoms with Crippen molar-refractivity contribution in [3.05, 3.63) is 0 Å². The lowest BCUT2D eigenvalue weighted by Crippen LogP contribution is -2.31. The van der Waals surface area contributed by atoms with Crippen LogP contribution in [0.1, 0.15) is 32.1 Å². The second-order valence-corrected chi connectivity index (χ2v) is 4.55. The third-order valence-electron chi connectivity index (χ3n) is 4.07. The van der Waals surface area contributed by atoms with E-state index in [1.807, 2.05) is 0 Å². The lowest BCUT2D eigenvalue weighted by molar-refractivity contribution is 0.00248. The van der Waals surface area contributed by atoms with Gasteiger partial charge in [-0.2, -0.15) is 0 Å². The zero-order valence-electron chi connectivity index (χ0n) is 6.21. The third kappa shape index (κ3) is 0.460. The van der Waals surface area contributed by atoms with Gasteiger partial charge >= 0.3 is 0 Å². The molecule has 3 fully saturated rings. The van der Waals surface area contributed by atoms with Gasteiger partial charge in [-0.15, -0.1) is 0 Å². The minimum absolute atomic E-state index is 0.173. The van der Waals surface area contributed by atoms with Crippen molar-refractivity contribution in [1.82, 2.24) is 0 Å². The van der Waals surface area contributed by atoms with Crippen molar-refractivity contribution in [2.45, 2.75) is 37.7 Å². The van der Waals surface area contributed by atoms with Gasteiger partial charge in [0, 0.05) is 0 Å². The molecular weight excluding hydrogens is 124 g/mol. The van der Waals surface area contributed by atoms with E-state index in [1.54, 1.807) is 0 Å². The summed E-state index contributed by atoms with van der Waals surface area (Å²) in [6.45, 7) is 0. The van der Waals surface area contributed by atoms with E-state index >= 15 is 0 Å². The zero-order valence-corrected chi connectivity index (χ0v) is 6.21. The summed E-state index contributed by atoms with van der Waals surface area (Å²) in [6.07, 6.45) is 6.35. The summed E-state index contributed by atoms with van der Waals surface area (Å²) in [4.78, 5) is 0. The first-order chi connectivity index (χ1) is 4.78. The Bertz CT molecular complexity index is 178. The Labute approximate surface area is 61.4 Å². The van der Waals surface area contributed by atoms with E-state index in [1.165, 1.54) is 19.3 Å². The van der Waals surface area contributed by atoms with Gasteiger partial charge in [-0.05, 0) is 49.9 Å². The minimum Gasteiger partial charge on any atom is -0.390 e. The van der Waals surface area contributed by atoms with Crippen LogP contribution < -0.4 is 0 Å². The van der Waals surface area contributed by atoms with Gasteiger partial charge in [0.1, 0.15) is 0 Å². The molecule has 4 atom stereocenters. The SMILES string of the molecule is O[C@@]12CC[C@H]3C[C@@H](C[C@H]31)C2. The number of rotatable bonds is 0. The predicted molar refractivity (Wildman–Crippen MR) is 38.5 cm³/mol. The Hall–Kier alpha value is -0.0400. The highest BCUT2D eigenvalue weighted by atomic mass is 16.3. The van der Waals surface area contributed by atoms with E-state index in [0.29, 0.717) is 0 Å². The molecule has 0 saturated heterocycles. The van der Waals surface area contributed by atoms with Crippen molar-refractivity contribution in [2.75, 3.05) is 0 Å². The van der Waals surface area contributed by atoms with Crippen molar-refractivity contribution >= 4 is 0 Å². The molecule has 1 N–H and O–H groups in total. The van der Waals surface area contributed by atoms with Crippen LogP contribution >= 0.6 is 0 Å². The summed E-state index contributed by atoms with van der Waals surface area (Å²) in [5.74, 6) is 2.55. The monoisotopic (exact) mass is 138 g/mol. The van der Waals surface area contributed by atoms with Crippen LogP contribution in [0.25, 0.3) is 0 Å². The molecule has 3 aliphatic rings. The molecule has 1 nitrogen and oxygen atoms in total. The van der Waals surface area contributed by atoms with Crippen molar-refractivity contribution in [1.29, 1.82) is 0 Å². The Balaban J connectivity index is 2.05. The highest BCUT2D eigenvalue weighted by Gasteiger charge is 2.58. The van der Waals surface area contributed by atoms with Gasteiger partial charge in [-0.3, -0.25) is 0 Å². The maximum Gasteiger partial charge on any atom is 0.0681 e. The smallest absolute Gasteiger partial charge is 0.0681 e. The summed E-state index contributed by atoms with van der Waals surface area (Å²) in [5, 5.41) is 10.0. The third-order valence-corrected chi connectivity index (χ3v) is 4.07. The van der Waals surface area contributed by atoms with E-state index in [9.17, 15) is 5.11 Å².